The van der Waals surface area contributed by atoms with E-state index in [0.29, 0.717) is 23.6 Å². The molecule has 0 atom stereocenters. The zero-order valence-corrected chi connectivity index (χ0v) is 13.7. The Hall–Kier alpha value is -3.29. The fraction of sp³-hybridized carbons (Fsp3) is 0.235. The number of anilines is 1. The summed E-state index contributed by atoms with van der Waals surface area (Å²) in [7, 11) is 1.84. The normalized spacial score (nSPS) is 14.5. The number of hydrogen-bond acceptors (Lipinski definition) is 5. The van der Waals surface area contributed by atoms with Crippen molar-refractivity contribution in [1.29, 1.82) is 0 Å². The number of para-hydroxylation sites is 3. The Bertz CT molecular complexity index is 878. The molecule has 25 heavy (non-hydrogen) atoms. The highest BCUT2D eigenvalue weighted by molar-refractivity contribution is 6.10. The molecule has 1 aliphatic rings. The zero-order valence-electron chi connectivity index (χ0n) is 13.7. The van der Waals surface area contributed by atoms with Gasteiger partial charge >= 0.3 is 5.69 Å². The van der Waals surface area contributed by atoms with Crippen LogP contribution in [-0.4, -0.2) is 40.4 Å². The summed E-state index contributed by atoms with van der Waals surface area (Å²) >= 11 is 0. The van der Waals surface area contributed by atoms with Crippen LogP contribution in [0.3, 0.4) is 0 Å². The van der Waals surface area contributed by atoms with Gasteiger partial charge in [-0.25, -0.2) is 4.90 Å². The quantitative estimate of drug-likeness (QED) is 0.484. The van der Waals surface area contributed by atoms with Crippen molar-refractivity contribution in [2.45, 2.75) is 6.42 Å². The number of nitro benzene ring substituents is 2. The smallest absolute Gasteiger partial charge is 0.263 e. The number of rotatable bonds is 4. The lowest BCUT2D eigenvalue weighted by atomic mass is 10.1. The second kappa shape index (κ2) is 6.68. The lowest BCUT2D eigenvalue weighted by Crippen LogP contribution is -2.44. The molecule has 0 radical (unpaired) electrons. The first-order valence-corrected chi connectivity index (χ1v) is 7.83. The van der Waals surface area contributed by atoms with Crippen molar-refractivity contribution in [2.75, 3.05) is 25.0 Å². The summed E-state index contributed by atoms with van der Waals surface area (Å²) in [4.78, 5) is 23.8. The van der Waals surface area contributed by atoms with Gasteiger partial charge in [-0.3, -0.25) is 24.8 Å². The van der Waals surface area contributed by atoms with Gasteiger partial charge in [0.1, 0.15) is 5.56 Å². The van der Waals surface area contributed by atoms with Crippen LogP contribution in [0.2, 0.25) is 0 Å². The number of hydrogen-bond donors (Lipinski definition) is 0. The second-order valence-electron chi connectivity index (χ2n) is 5.77. The first kappa shape index (κ1) is 16.6. The topological polar surface area (TPSA) is 92.5 Å². The van der Waals surface area contributed by atoms with Crippen LogP contribution in [0, 0.1) is 20.2 Å². The van der Waals surface area contributed by atoms with E-state index < -0.39 is 9.85 Å². The van der Waals surface area contributed by atoms with Crippen molar-refractivity contribution in [3.05, 3.63) is 74.3 Å². The maximum atomic E-state index is 11.4. The number of nitro groups is 2. The molecule has 0 saturated heterocycles. The predicted octanol–water partition coefficient (Wildman–Crippen LogP) is 2.80. The Morgan fingerprint density at radius 1 is 0.960 bits per heavy atom. The van der Waals surface area contributed by atoms with Crippen molar-refractivity contribution in [3.63, 3.8) is 0 Å². The molecule has 3 rings (SSSR count). The summed E-state index contributed by atoms with van der Waals surface area (Å²) < 4.78 is 1.91. The van der Waals surface area contributed by atoms with E-state index in [4.69, 9.17) is 0 Å². The fourth-order valence-corrected chi connectivity index (χ4v) is 3.14. The van der Waals surface area contributed by atoms with E-state index in [1.54, 1.807) is 41.3 Å². The lowest BCUT2D eigenvalue weighted by Gasteiger charge is -2.25. The van der Waals surface area contributed by atoms with Crippen LogP contribution < -0.4 is 4.90 Å². The lowest BCUT2D eigenvalue weighted by molar-refractivity contribution is -0.501. The van der Waals surface area contributed by atoms with E-state index in [1.807, 2.05) is 11.6 Å². The Labute approximate surface area is 143 Å². The molecule has 0 unspecified atom stereocenters. The highest BCUT2D eigenvalue weighted by Crippen LogP contribution is 2.32. The molecule has 0 saturated carbocycles. The maximum absolute atomic E-state index is 11.4. The minimum atomic E-state index is -0.430. The largest absolute Gasteiger partial charge is 0.315 e. The van der Waals surface area contributed by atoms with Gasteiger partial charge in [-0.2, -0.15) is 0 Å². The average Bonchev–Trinajstić information content (AvgIpc) is 2.61. The van der Waals surface area contributed by atoms with Gasteiger partial charge in [0.05, 0.1) is 30.0 Å². The Morgan fingerprint density at radius 2 is 1.56 bits per heavy atom. The average molecular weight is 341 g/mol. The summed E-state index contributed by atoms with van der Waals surface area (Å²) in [5, 5.41) is 22.8. The van der Waals surface area contributed by atoms with Gasteiger partial charge in [0.25, 0.3) is 11.5 Å². The summed E-state index contributed by atoms with van der Waals surface area (Å²) in [6, 6.07) is 12.9. The summed E-state index contributed by atoms with van der Waals surface area (Å²) in [6.45, 7) is 1.27. The van der Waals surface area contributed by atoms with Gasteiger partial charge in [0, 0.05) is 18.6 Å². The molecule has 2 aromatic rings. The van der Waals surface area contributed by atoms with Gasteiger partial charge < -0.3 is 0 Å². The van der Waals surface area contributed by atoms with Crippen LogP contribution in [0.15, 0.2) is 48.5 Å². The molecule has 0 spiro atoms. The van der Waals surface area contributed by atoms with E-state index in [2.05, 4.69) is 0 Å². The molecule has 1 aliphatic heterocycles. The van der Waals surface area contributed by atoms with E-state index in [1.165, 1.54) is 12.1 Å². The van der Waals surface area contributed by atoms with Crippen molar-refractivity contribution in [3.8, 4) is 0 Å². The Morgan fingerprint density at radius 3 is 2.24 bits per heavy atom. The molecule has 8 heteroatoms. The first-order valence-electron chi connectivity index (χ1n) is 7.83. The minimum Gasteiger partial charge on any atom is -0.263 e. The van der Waals surface area contributed by atoms with Crippen molar-refractivity contribution in [2.24, 2.45) is 0 Å². The molecule has 8 nitrogen and oxygen atoms in total. The van der Waals surface area contributed by atoms with Crippen LogP contribution >= 0.6 is 0 Å². The zero-order chi connectivity index (χ0) is 18.0. The first-order chi connectivity index (χ1) is 12.0. The standard InChI is InChI=1S/C17H17N4O4/c1-18-11-6-12-19(15-9-4-5-10-16(15)21(24)25)17(18)13-7-2-3-8-14(13)20(22)23/h2-5,7-10H,6,11-12H2,1H3/q+1. The molecule has 0 aliphatic carbocycles. The monoisotopic (exact) mass is 341 g/mol. The van der Waals surface area contributed by atoms with Gasteiger partial charge in [0.15, 0.2) is 0 Å². The molecule has 0 fully saturated rings. The van der Waals surface area contributed by atoms with Crippen molar-refractivity contribution in [1.82, 2.24) is 0 Å². The van der Waals surface area contributed by atoms with Crippen LogP contribution in [0.25, 0.3) is 0 Å². The second-order valence-corrected chi connectivity index (χ2v) is 5.77. The summed E-state index contributed by atoms with van der Waals surface area (Å²) in [5.41, 5.74) is 0.851. The van der Waals surface area contributed by atoms with E-state index in [9.17, 15) is 20.2 Å². The Kier molecular flexibility index (Phi) is 4.42. The van der Waals surface area contributed by atoms with Crippen LogP contribution in [0.5, 0.6) is 0 Å². The van der Waals surface area contributed by atoms with Crippen LogP contribution in [-0.2, 0) is 0 Å². The SMILES string of the molecule is C[N+]1=C(c2ccccc2[N+](=O)[O-])N(c2ccccc2[N+](=O)[O-])CCC1. The number of nitrogens with zero attached hydrogens (tertiary/aromatic N) is 4. The third-order valence-electron chi connectivity index (χ3n) is 4.20. The van der Waals surface area contributed by atoms with Crippen LogP contribution in [0.1, 0.15) is 12.0 Å². The van der Waals surface area contributed by atoms with Gasteiger partial charge in [-0.1, -0.05) is 24.3 Å². The van der Waals surface area contributed by atoms with Gasteiger partial charge in [-0.05, 0) is 12.1 Å². The number of benzene rings is 2. The molecule has 1 heterocycles. The molecule has 128 valence electrons. The third kappa shape index (κ3) is 3.06. The summed E-state index contributed by atoms with van der Waals surface area (Å²) in [5.74, 6) is 0.604. The highest BCUT2D eigenvalue weighted by Gasteiger charge is 2.37. The van der Waals surface area contributed by atoms with Gasteiger partial charge in [-0.15, -0.1) is 0 Å². The molecular weight excluding hydrogens is 324 g/mol. The van der Waals surface area contributed by atoms with E-state index in [0.717, 1.165) is 13.0 Å². The van der Waals surface area contributed by atoms with Gasteiger partial charge in [0.2, 0.25) is 5.69 Å². The summed E-state index contributed by atoms with van der Waals surface area (Å²) in [6.07, 6.45) is 0.798. The molecular formula is C17H17N4O4+. The third-order valence-corrected chi connectivity index (χ3v) is 4.20. The number of amidine groups is 1. The molecule has 0 amide bonds. The molecule has 0 N–H and O–H groups in total. The fourth-order valence-electron chi connectivity index (χ4n) is 3.14. The highest BCUT2D eigenvalue weighted by atomic mass is 16.6. The van der Waals surface area contributed by atoms with Crippen LogP contribution in [0.4, 0.5) is 17.1 Å². The minimum absolute atomic E-state index is 0.0187. The predicted molar refractivity (Wildman–Crippen MR) is 93.3 cm³/mol. The Balaban J connectivity index is 2.21. The maximum Gasteiger partial charge on any atom is 0.315 e. The van der Waals surface area contributed by atoms with Crippen molar-refractivity contribution < 1.29 is 14.4 Å². The van der Waals surface area contributed by atoms with Crippen molar-refractivity contribution >= 4 is 22.9 Å². The van der Waals surface area contributed by atoms with E-state index in [-0.39, 0.29) is 11.4 Å². The van der Waals surface area contributed by atoms with E-state index >= 15 is 0 Å². The molecule has 0 bridgehead atoms. The molecule has 2 aromatic carbocycles. The molecule has 0 aromatic heterocycles.